The van der Waals surface area contributed by atoms with Crippen molar-refractivity contribution in [1.29, 1.82) is 0 Å². The monoisotopic (exact) mass is 487 g/mol. The van der Waals surface area contributed by atoms with Crippen molar-refractivity contribution in [3.8, 4) is 0 Å². The molecule has 170 valence electrons. The number of hydrogen-bond donors (Lipinski definition) is 2. The Balaban J connectivity index is 1.53. The molecule has 0 spiro atoms. The zero-order valence-corrected chi connectivity index (χ0v) is 21.3. The van der Waals surface area contributed by atoms with Gasteiger partial charge in [-0.1, -0.05) is 18.2 Å². The van der Waals surface area contributed by atoms with Gasteiger partial charge in [0.05, 0.1) is 25.2 Å². The molecule has 4 rings (SSSR count). The minimum atomic E-state index is -1.79. The number of hydrogen-bond acceptors (Lipinski definition) is 7. The summed E-state index contributed by atoms with van der Waals surface area (Å²) >= 11 is 3.66. The van der Waals surface area contributed by atoms with Gasteiger partial charge in [0.2, 0.25) is 7.64 Å². The smallest absolute Gasteiger partial charge is 0.240 e. The Kier molecular flexibility index (Phi) is 8.19. The van der Waals surface area contributed by atoms with E-state index in [0.29, 0.717) is 0 Å². The molecular formula is C24H32N4OPS2+. The zero-order valence-electron chi connectivity index (χ0n) is 18.8. The number of nitrogens with one attached hydrogen (secondary N) is 1. The van der Waals surface area contributed by atoms with Crippen LogP contribution in [0.5, 0.6) is 0 Å². The second kappa shape index (κ2) is 11.1. The van der Waals surface area contributed by atoms with E-state index in [1.54, 1.807) is 11.8 Å². The highest BCUT2D eigenvalue weighted by molar-refractivity contribution is 8.02. The topological polar surface area (TPSA) is 62.9 Å². The molecule has 0 radical (unpaired) electrons. The number of allylic oxidation sites excluding steroid dienone is 1. The Morgan fingerprint density at radius 1 is 1.22 bits per heavy atom. The lowest BCUT2D eigenvalue weighted by atomic mass is 10.0. The van der Waals surface area contributed by atoms with Gasteiger partial charge in [-0.3, -0.25) is 4.99 Å². The van der Waals surface area contributed by atoms with Crippen LogP contribution in [0.1, 0.15) is 23.1 Å². The molecule has 2 aromatic rings. The fraction of sp³-hybridized carbons (Fsp3) is 0.375. The van der Waals surface area contributed by atoms with Gasteiger partial charge in [-0.05, 0) is 53.6 Å². The molecule has 2 aliphatic heterocycles. The first kappa shape index (κ1) is 23.7. The van der Waals surface area contributed by atoms with Crippen molar-refractivity contribution >= 4 is 43.2 Å². The molecular weight excluding hydrogens is 455 g/mol. The lowest BCUT2D eigenvalue weighted by Crippen LogP contribution is -2.33. The maximum Gasteiger partial charge on any atom is 0.240 e. The van der Waals surface area contributed by atoms with Gasteiger partial charge in [0.15, 0.2) is 0 Å². The van der Waals surface area contributed by atoms with E-state index >= 15 is 0 Å². The first-order valence-corrected chi connectivity index (χ1v) is 15.6. The minimum absolute atomic E-state index is 0.774. The van der Waals surface area contributed by atoms with Crippen LogP contribution in [0.2, 0.25) is 0 Å². The predicted octanol–water partition coefficient (Wildman–Crippen LogP) is 5.48. The molecule has 32 heavy (non-hydrogen) atoms. The fourth-order valence-corrected chi connectivity index (χ4v) is 6.76. The Labute approximate surface area is 200 Å². The number of hydroxylamine groups is 1. The molecule has 0 aliphatic carbocycles. The third-order valence-electron chi connectivity index (χ3n) is 5.60. The van der Waals surface area contributed by atoms with Gasteiger partial charge in [-0.15, -0.1) is 28.1 Å². The van der Waals surface area contributed by atoms with Crippen molar-refractivity contribution in [3.63, 3.8) is 0 Å². The van der Waals surface area contributed by atoms with Crippen molar-refractivity contribution in [2.45, 2.75) is 29.9 Å². The summed E-state index contributed by atoms with van der Waals surface area (Å²) in [7, 11) is -1.79. The number of thioether (sulfide) groups is 2. The Morgan fingerprint density at radius 3 is 2.84 bits per heavy atom. The summed E-state index contributed by atoms with van der Waals surface area (Å²) in [6, 6.07) is 15.5. The Bertz CT molecular complexity index is 978. The summed E-state index contributed by atoms with van der Waals surface area (Å²) in [6.07, 6.45) is 9.91. The number of anilines is 1. The van der Waals surface area contributed by atoms with E-state index in [0.717, 1.165) is 50.0 Å². The van der Waals surface area contributed by atoms with Crippen LogP contribution in [-0.4, -0.2) is 38.5 Å². The first-order chi connectivity index (χ1) is 15.5. The number of aliphatic imine (C=N–C) groups is 1. The normalized spacial score (nSPS) is 23.5. The SMILES string of the molecule is CSc1ccc(C/C2=C/NC=NCCc3ccc(N4CCC[P+](C)(N)O4)cc3CS2)cc1. The highest BCUT2D eigenvalue weighted by Crippen LogP contribution is 2.52. The maximum absolute atomic E-state index is 6.37. The van der Waals surface area contributed by atoms with Crippen molar-refractivity contribution in [1.82, 2.24) is 5.32 Å². The number of benzene rings is 2. The molecule has 1 saturated heterocycles. The third-order valence-corrected chi connectivity index (χ3v) is 9.20. The summed E-state index contributed by atoms with van der Waals surface area (Å²) in [5.74, 6) is 0.919. The van der Waals surface area contributed by atoms with Crippen molar-refractivity contribution < 1.29 is 4.62 Å². The lowest BCUT2D eigenvalue weighted by molar-refractivity contribution is 0.283. The zero-order chi connectivity index (χ0) is 22.4. The highest BCUT2D eigenvalue weighted by atomic mass is 32.2. The molecule has 2 aromatic carbocycles. The number of nitrogens with two attached hydrogens (primary N) is 1. The Morgan fingerprint density at radius 2 is 2.06 bits per heavy atom. The average Bonchev–Trinajstić information content (AvgIpc) is 2.83. The van der Waals surface area contributed by atoms with Gasteiger partial charge in [-0.2, -0.15) is 5.50 Å². The van der Waals surface area contributed by atoms with Crippen LogP contribution in [0.3, 0.4) is 0 Å². The number of nitrogens with zero attached hydrogens (tertiary/aromatic N) is 2. The number of fused-ring (bicyclic) bond motifs is 1. The summed E-state index contributed by atoms with van der Waals surface area (Å²) < 4.78 is 6.16. The van der Waals surface area contributed by atoms with Crippen molar-refractivity contribution in [3.05, 3.63) is 70.3 Å². The summed E-state index contributed by atoms with van der Waals surface area (Å²) in [4.78, 5) is 7.11. The molecule has 1 atom stereocenters. The average molecular weight is 488 g/mol. The van der Waals surface area contributed by atoms with Gasteiger partial charge >= 0.3 is 0 Å². The second-order valence-electron chi connectivity index (χ2n) is 8.26. The van der Waals surface area contributed by atoms with Crippen LogP contribution in [0.4, 0.5) is 5.69 Å². The predicted molar refractivity (Wildman–Crippen MR) is 143 cm³/mol. The fourth-order valence-electron chi connectivity index (χ4n) is 3.85. The van der Waals surface area contributed by atoms with E-state index in [1.807, 2.05) is 23.2 Å². The number of rotatable bonds is 4. The lowest BCUT2D eigenvalue weighted by Gasteiger charge is -2.31. The Hall–Kier alpha value is -1.50. The molecule has 1 fully saturated rings. The summed E-state index contributed by atoms with van der Waals surface area (Å²) in [6.45, 7) is 3.73. The van der Waals surface area contributed by atoms with E-state index in [1.165, 1.54) is 26.5 Å². The van der Waals surface area contributed by atoms with Gasteiger partial charge in [-0.25, -0.2) is 5.06 Å². The quantitative estimate of drug-likeness (QED) is 0.440. The van der Waals surface area contributed by atoms with Crippen LogP contribution in [-0.2, 0) is 23.2 Å². The summed E-state index contributed by atoms with van der Waals surface area (Å²) in [5, 5.41) is 5.27. The molecule has 2 heterocycles. The molecule has 0 amide bonds. The summed E-state index contributed by atoms with van der Waals surface area (Å²) in [5.41, 5.74) is 11.5. The van der Waals surface area contributed by atoms with Crippen LogP contribution in [0.15, 0.2) is 63.5 Å². The van der Waals surface area contributed by atoms with Gasteiger partial charge in [0.1, 0.15) is 6.16 Å². The van der Waals surface area contributed by atoms with Crippen molar-refractivity contribution in [2.75, 3.05) is 37.2 Å². The minimum Gasteiger partial charge on any atom is -0.352 e. The van der Waals surface area contributed by atoms with Crippen LogP contribution in [0, 0.1) is 0 Å². The van der Waals surface area contributed by atoms with Crippen LogP contribution < -0.4 is 15.9 Å². The van der Waals surface area contributed by atoms with E-state index in [-0.39, 0.29) is 0 Å². The van der Waals surface area contributed by atoms with E-state index < -0.39 is 7.64 Å². The molecule has 0 bridgehead atoms. The van der Waals surface area contributed by atoms with E-state index in [4.69, 9.17) is 10.1 Å². The first-order valence-electron chi connectivity index (χ1n) is 10.9. The molecule has 0 saturated carbocycles. The van der Waals surface area contributed by atoms with Crippen LogP contribution in [0.25, 0.3) is 0 Å². The van der Waals surface area contributed by atoms with Gasteiger partial charge in [0, 0.05) is 41.1 Å². The molecule has 2 aliphatic rings. The second-order valence-corrected chi connectivity index (χ2v) is 13.2. The molecule has 3 N–H and O–H groups in total. The highest BCUT2D eigenvalue weighted by Gasteiger charge is 2.36. The molecule has 8 heteroatoms. The molecule has 5 nitrogen and oxygen atoms in total. The van der Waals surface area contributed by atoms with Crippen LogP contribution >= 0.6 is 31.2 Å². The van der Waals surface area contributed by atoms with Gasteiger partial charge < -0.3 is 5.32 Å². The third kappa shape index (κ3) is 6.52. The van der Waals surface area contributed by atoms with E-state index in [9.17, 15) is 0 Å². The largest absolute Gasteiger partial charge is 0.352 e. The van der Waals surface area contributed by atoms with E-state index in [2.05, 4.69) is 71.9 Å². The standard InChI is InChI=1S/C24H32N4OPS2/c1-30(25)13-3-12-28(29-30)22-7-6-20-10-11-26-18-27-16-24(32-17-21(20)15-22)14-19-4-8-23(31-2)9-5-19/h4-9,15-16,18H,3,10-14,17,25H2,1-2H3,(H,26,27)/q+1/b24-16-. The maximum atomic E-state index is 6.37. The van der Waals surface area contributed by atoms with Crippen molar-refractivity contribution in [2.24, 2.45) is 10.5 Å². The molecule has 0 aromatic heterocycles. The van der Waals surface area contributed by atoms with Gasteiger partial charge in [0.25, 0.3) is 0 Å². The molecule has 1 unspecified atom stereocenters.